The van der Waals surface area contributed by atoms with Crippen molar-refractivity contribution in [3.63, 3.8) is 0 Å². The van der Waals surface area contributed by atoms with Gasteiger partial charge in [-0.2, -0.15) is 0 Å². The third-order valence-electron chi connectivity index (χ3n) is 6.87. The van der Waals surface area contributed by atoms with Crippen molar-refractivity contribution in [3.05, 3.63) is 0 Å². The Morgan fingerprint density at radius 1 is 0.923 bits per heavy atom. The van der Waals surface area contributed by atoms with E-state index in [1.807, 2.05) is 0 Å². The van der Waals surface area contributed by atoms with Crippen LogP contribution >= 0.6 is 0 Å². The summed E-state index contributed by atoms with van der Waals surface area (Å²) in [7, 11) is 3.30. The Labute approximate surface area is 156 Å². The van der Waals surface area contributed by atoms with Crippen molar-refractivity contribution < 1.29 is 29.2 Å². The van der Waals surface area contributed by atoms with Gasteiger partial charge in [0.25, 0.3) is 0 Å². The van der Waals surface area contributed by atoms with Gasteiger partial charge in [-0.3, -0.25) is 4.79 Å². The van der Waals surface area contributed by atoms with Gasteiger partial charge < -0.3 is 24.4 Å². The van der Waals surface area contributed by atoms with E-state index in [1.165, 1.54) is 0 Å². The average Bonchev–Trinajstić information content (AvgIpc) is 2.98. The van der Waals surface area contributed by atoms with Crippen molar-refractivity contribution >= 4 is 5.97 Å². The maximum absolute atomic E-state index is 12.3. The quantitative estimate of drug-likeness (QED) is 0.695. The molecule has 0 radical (unpaired) electrons. The smallest absolute Gasteiger partial charge is 0.309 e. The Morgan fingerprint density at radius 2 is 1.46 bits per heavy atom. The summed E-state index contributed by atoms with van der Waals surface area (Å²) in [6, 6.07) is 0. The molecule has 3 rings (SSSR count). The van der Waals surface area contributed by atoms with E-state index >= 15 is 0 Å². The SMILES string of the molecule is COC1CC(C[C@H]2COC(=O)[C@@H]2CC2CCC(O)C(OC)C2)CCC1O. The van der Waals surface area contributed by atoms with Crippen LogP contribution in [-0.4, -0.2) is 61.4 Å². The van der Waals surface area contributed by atoms with Gasteiger partial charge in [0.15, 0.2) is 0 Å². The summed E-state index contributed by atoms with van der Waals surface area (Å²) in [6.07, 6.45) is 5.95. The third kappa shape index (κ3) is 4.58. The maximum atomic E-state index is 12.3. The minimum absolute atomic E-state index is 0.0411. The fourth-order valence-electron chi connectivity index (χ4n) is 5.24. The molecule has 1 heterocycles. The van der Waals surface area contributed by atoms with Crippen molar-refractivity contribution in [1.82, 2.24) is 0 Å². The largest absolute Gasteiger partial charge is 0.465 e. The number of esters is 1. The molecule has 150 valence electrons. The maximum Gasteiger partial charge on any atom is 0.309 e. The molecule has 0 aromatic rings. The fourth-order valence-corrected chi connectivity index (χ4v) is 5.24. The molecule has 0 amide bonds. The highest BCUT2D eigenvalue weighted by Crippen LogP contribution is 2.40. The lowest BCUT2D eigenvalue weighted by molar-refractivity contribution is -0.142. The molecule has 3 fully saturated rings. The van der Waals surface area contributed by atoms with Crippen LogP contribution in [0, 0.1) is 23.7 Å². The lowest BCUT2D eigenvalue weighted by atomic mass is 9.73. The minimum atomic E-state index is -0.387. The summed E-state index contributed by atoms with van der Waals surface area (Å²) >= 11 is 0. The standard InChI is InChI=1S/C20H34O6/c1-24-18-9-12(3-5-16(18)21)7-14-11-26-20(23)15(14)8-13-4-6-17(22)19(10-13)25-2/h12-19,21-22H,3-11H2,1-2H3/t12?,13?,14-,15+,16?,17?,18?,19?/m0/s1. The predicted octanol–water partition coefficient (Wildman–Crippen LogP) is 1.91. The Kier molecular flexibility index (Phi) is 6.94. The molecule has 2 N–H and O–H groups in total. The van der Waals surface area contributed by atoms with Crippen LogP contribution in [0.1, 0.15) is 51.4 Å². The second kappa shape index (κ2) is 9.00. The molecule has 3 aliphatic rings. The molecular weight excluding hydrogens is 336 g/mol. The number of carbonyl (C=O) groups is 1. The molecule has 26 heavy (non-hydrogen) atoms. The number of aliphatic hydroxyl groups is 2. The number of carbonyl (C=O) groups excluding carboxylic acids is 1. The lowest BCUT2D eigenvalue weighted by Crippen LogP contribution is -2.37. The first-order valence-corrected chi connectivity index (χ1v) is 10.1. The molecule has 6 nitrogen and oxygen atoms in total. The van der Waals surface area contributed by atoms with Gasteiger partial charge >= 0.3 is 5.97 Å². The van der Waals surface area contributed by atoms with Crippen LogP contribution in [0.3, 0.4) is 0 Å². The van der Waals surface area contributed by atoms with Crippen LogP contribution in [0.5, 0.6) is 0 Å². The zero-order valence-electron chi connectivity index (χ0n) is 16.0. The summed E-state index contributed by atoms with van der Waals surface area (Å²) in [5, 5.41) is 20.0. The number of ether oxygens (including phenoxy) is 3. The Hall–Kier alpha value is -0.690. The molecule has 0 spiro atoms. The van der Waals surface area contributed by atoms with Crippen molar-refractivity contribution in [3.8, 4) is 0 Å². The molecule has 2 aliphatic carbocycles. The van der Waals surface area contributed by atoms with Gasteiger partial charge in [-0.05, 0) is 63.2 Å². The van der Waals surface area contributed by atoms with Gasteiger partial charge in [-0.25, -0.2) is 0 Å². The van der Waals surface area contributed by atoms with Crippen LogP contribution in [0.15, 0.2) is 0 Å². The highest BCUT2D eigenvalue weighted by molar-refractivity contribution is 5.74. The monoisotopic (exact) mass is 370 g/mol. The number of hydrogen-bond donors (Lipinski definition) is 2. The van der Waals surface area contributed by atoms with Crippen LogP contribution in [0.4, 0.5) is 0 Å². The van der Waals surface area contributed by atoms with Crippen molar-refractivity contribution in [2.75, 3.05) is 20.8 Å². The van der Waals surface area contributed by atoms with Gasteiger partial charge in [0.2, 0.25) is 0 Å². The minimum Gasteiger partial charge on any atom is -0.465 e. The van der Waals surface area contributed by atoms with Crippen LogP contribution < -0.4 is 0 Å². The normalized spacial score (nSPS) is 44.1. The van der Waals surface area contributed by atoms with Gasteiger partial charge in [0, 0.05) is 20.1 Å². The molecule has 1 saturated heterocycles. The summed E-state index contributed by atoms with van der Waals surface area (Å²) in [5.74, 6) is 1.04. The van der Waals surface area contributed by atoms with Gasteiger partial charge in [-0.15, -0.1) is 0 Å². The first-order chi connectivity index (χ1) is 12.5. The molecule has 1 aliphatic heterocycles. The second-order valence-electron chi connectivity index (χ2n) is 8.51. The summed E-state index contributed by atoms with van der Waals surface area (Å²) < 4.78 is 16.2. The van der Waals surface area contributed by atoms with E-state index in [4.69, 9.17) is 14.2 Å². The Morgan fingerprint density at radius 3 is 2.00 bits per heavy atom. The van der Waals surface area contributed by atoms with Crippen molar-refractivity contribution in [2.24, 2.45) is 23.7 Å². The van der Waals surface area contributed by atoms with Crippen molar-refractivity contribution in [1.29, 1.82) is 0 Å². The van der Waals surface area contributed by atoms with E-state index in [1.54, 1.807) is 14.2 Å². The fraction of sp³-hybridized carbons (Fsp3) is 0.950. The first kappa shape index (κ1) is 20.1. The number of rotatable bonds is 6. The van der Waals surface area contributed by atoms with E-state index < -0.39 is 0 Å². The van der Waals surface area contributed by atoms with Crippen LogP contribution in [0.25, 0.3) is 0 Å². The topological polar surface area (TPSA) is 85.2 Å². The number of methoxy groups -OCH3 is 2. The molecule has 6 unspecified atom stereocenters. The zero-order chi connectivity index (χ0) is 18.7. The predicted molar refractivity (Wildman–Crippen MR) is 95.5 cm³/mol. The molecule has 2 saturated carbocycles. The van der Waals surface area contributed by atoms with E-state index in [2.05, 4.69) is 0 Å². The number of hydrogen-bond acceptors (Lipinski definition) is 6. The highest BCUT2D eigenvalue weighted by Gasteiger charge is 2.42. The Bertz CT molecular complexity index is 469. The van der Waals surface area contributed by atoms with Gasteiger partial charge in [-0.1, -0.05) is 0 Å². The highest BCUT2D eigenvalue weighted by atomic mass is 16.5. The van der Waals surface area contributed by atoms with Gasteiger partial charge in [0.05, 0.1) is 36.9 Å². The number of aliphatic hydroxyl groups excluding tert-OH is 2. The zero-order valence-corrected chi connectivity index (χ0v) is 16.0. The third-order valence-corrected chi connectivity index (χ3v) is 6.87. The molecule has 6 heteroatoms. The Balaban J connectivity index is 1.55. The van der Waals surface area contributed by atoms with E-state index in [0.29, 0.717) is 18.4 Å². The lowest BCUT2D eigenvalue weighted by Gasteiger charge is -2.35. The van der Waals surface area contributed by atoms with Crippen LogP contribution in [0.2, 0.25) is 0 Å². The molecule has 8 atom stereocenters. The summed E-state index contributed by atoms with van der Waals surface area (Å²) in [5.41, 5.74) is 0. The summed E-state index contributed by atoms with van der Waals surface area (Å²) in [6.45, 7) is 0.517. The average molecular weight is 370 g/mol. The molecule has 0 aromatic heterocycles. The second-order valence-corrected chi connectivity index (χ2v) is 8.51. The van der Waals surface area contributed by atoms with Crippen molar-refractivity contribution in [2.45, 2.75) is 75.8 Å². The molecule has 0 aromatic carbocycles. The molecular formula is C20H34O6. The first-order valence-electron chi connectivity index (χ1n) is 10.1. The van der Waals surface area contributed by atoms with E-state index in [-0.39, 0.29) is 42.2 Å². The van der Waals surface area contributed by atoms with Crippen LogP contribution in [-0.2, 0) is 19.0 Å². The number of cyclic esters (lactones) is 1. The summed E-state index contributed by atoms with van der Waals surface area (Å²) in [4.78, 5) is 12.3. The van der Waals surface area contributed by atoms with E-state index in [0.717, 1.165) is 51.4 Å². The molecule has 0 bridgehead atoms. The van der Waals surface area contributed by atoms with E-state index in [9.17, 15) is 15.0 Å². The van der Waals surface area contributed by atoms with Gasteiger partial charge in [0.1, 0.15) is 0 Å².